The number of hydrogen-bond acceptors (Lipinski definition) is 4. The predicted octanol–water partition coefficient (Wildman–Crippen LogP) is 4.11. The molecular weight excluding hydrogens is 316 g/mol. The Hall–Kier alpha value is -0.693. The molecule has 0 saturated heterocycles. The Morgan fingerprint density at radius 3 is 2.09 bits per heavy atom. The minimum Gasteiger partial charge on any atom is -0.412 e. The first-order chi connectivity index (χ1) is 9.85. The monoisotopic (exact) mass is 344 g/mol. The van der Waals surface area contributed by atoms with Crippen molar-refractivity contribution in [2.24, 2.45) is 0 Å². The largest absolute Gasteiger partial charge is 0.412 e. The van der Waals surface area contributed by atoms with Gasteiger partial charge in [-0.15, -0.1) is 0 Å². The van der Waals surface area contributed by atoms with Crippen LogP contribution in [0.2, 0.25) is 18.1 Å². The summed E-state index contributed by atoms with van der Waals surface area (Å²) in [5.74, 6) is 0. The van der Waals surface area contributed by atoms with Crippen LogP contribution < -0.4 is 0 Å². The normalized spacial score (nSPS) is 14.9. The van der Waals surface area contributed by atoms with E-state index in [9.17, 15) is 8.42 Å². The topological polar surface area (TPSA) is 52.6 Å². The van der Waals surface area contributed by atoms with E-state index in [2.05, 4.69) is 33.9 Å². The lowest BCUT2D eigenvalue weighted by Crippen LogP contribution is -2.44. The Bertz CT molecular complexity index is 586. The van der Waals surface area contributed by atoms with Gasteiger partial charge in [-0.05, 0) is 44.1 Å². The Balaban J connectivity index is 2.67. The van der Waals surface area contributed by atoms with Crippen LogP contribution in [0.1, 0.15) is 33.3 Å². The lowest BCUT2D eigenvalue weighted by Gasteiger charge is -2.38. The molecule has 0 heterocycles. The molecule has 0 aliphatic carbocycles. The fourth-order valence-corrected chi connectivity index (χ4v) is 4.08. The first-order valence-electron chi connectivity index (χ1n) is 7.49. The van der Waals surface area contributed by atoms with E-state index in [-0.39, 0.29) is 22.6 Å². The summed E-state index contributed by atoms with van der Waals surface area (Å²) in [6.45, 7) is 14.5. The summed E-state index contributed by atoms with van der Waals surface area (Å²) in [6, 6.07) is 6.63. The fourth-order valence-electron chi connectivity index (χ4n) is 1.67. The molecule has 0 aromatic heterocycles. The highest BCUT2D eigenvalue weighted by atomic mass is 32.2. The highest BCUT2D eigenvalue weighted by molar-refractivity contribution is 7.86. The van der Waals surface area contributed by atoms with Gasteiger partial charge in [0.2, 0.25) is 0 Å². The SMILES string of the molecule is Cc1ccc(S(=O)(=O)OCC(C)O[Si](C)(C)C(C)(C)C)cc1. The standard InChI is InChI=1S/C16H28O4SSi/c1-13-8-10-15(11-9-13)21(17,18)19-12-14(2)20-22(6,7)16(3,4)5/h8-11,14H,12H2,1-7H3. The molecule has 4 nitrogen and oxygen atoms in total. The summed E-state index contributed by atoms with van der Waals surface area (Å²) in [5, 5.41) is 0.0804. The van der Waals surface area contributed by atoms with Crippen LogP contribution in [0.25, 0.3) is 0 Å². The van der Waals surface area contributed by atoms with Crippen molar-refractivity contribution in [2.75, 3.05) is 6.61 Å². The summed E-state index contributed by atoms with van der Waals surface area (Å²) in [6.07, 6.45) is -0.263. The Morgan fingerprint density at radius 1 is 1.14 bits per heavy atom. The third-order valence-electron chi connectivity index (χ3n) is 4.07. The molecule has 0 fully saturated rings. The van der Waals surface area contributed by atoms with Gasteiger partial charge in [0.25, 0.3) is 10.1 Å². The van der Waals surface area contributed by atoms with E-state index in [1.807, 2.05) is 13.8 Å². The lowest BCUT2D eigenvalue weighted by molar-refractivity contribution is 0.132. The molecule has 0 radical (unpaired) electrons. The Labute approximate surface area is 136 Å². The molecule has 0 bridgehead atoms. The zero-order chi connectivity index (χ0) is 17.2. The molecule has 0 spiro atoms. The second-order valence-corrected chi connectivity index (χ2v) is 13.6. The first kappa shape index (κ1) is 19.4. The van der Waals surface area contributed by atoms with Crippen LogP contribution in [-0.2, 0) is 18.7 Å². The van der Waals surface area contributed by atoms with E-state index in [0.29, 0.717) is 0 Å². The molecule has 1 aromatic rings. The average molecular weight is 345 g/mol. The second kappa shape index (κ2) is 6.82. The highest BCUT2D eigenvalue weighted by Gasteiger charge is 2.38. The maximum Gasteiger partial charge on any atom is 0.297 e. The highest BCUT2D eigenvalue weighted by Crippen LogP contribution is 2.37. The minimum atomic E-state index is -3.73. The van der Waals surface area contributed by atoms with Gasteiger partial charge in [-0.3, -0.25) is 4.18 Å². The number of hydrogen-bond donors (Lipinski definition) is 0. The summed E-state index contributed by atoms with van der Waals surface area (Å²) in [4.78, 5) is 0.178. The third-order valence-corrected chi connectivity index (χ3v) is 9.97. The van der Waals surface area contributed by atoms with E-state index in [1.165, 1.54) is 0 Å². The van der Waals surface area contributed by atoms with Gasteiger partial charge >= 0.3 is 0 Å². The van der Waals surface area contributed by atoms with Crippen molar-refractivity contribution >= 4 is 18.4 Å². The summed E-state index contributed by atoms with van der Waals surface area (Å²) >= 11 is 0. The maximum absolute atomic E-state index is 12.1. The van der Waals surface area contributed by atoms with Gasteiger partial charge in [0.05, 0.1) is 17.6 Å². The first-order valence-corrected chi connectivity index (χ1v) is 11.8. The summed E-state index contributed by atoms with van der Waals surface area (Å²) in [5.41, 5.74) is 1.01. The molecular formula is C16H28O4SSi. The molecule has 0 aliphatic heterocycles. The molecule has 1 unspecified atom stereocenters. The molecule has 6 heteroatoms. The second-order valence-electron chi connectivity index (χ2n) is 7.24. The molecule has 22 heavy (non-hydrogen) atoms. The van der Waals surface area contributed by atoms with Gasteiger partial charge in [0, 0.05) is 0 Å². The summed E-state index contributed by atoms with van der Waals surface area (Å²) in [7, 11) is -5.65. The van der Waals surface area contributed by atoms with Crippen molar-refractivity contribution in [1.29, 1.82) is 0 Å². The molecule has 1 rings (SSSR count). The molecule has 0 N–H and O–H groups in total. The number of benzene rings is 1. The van der Waals surface area contributed by atoms with Gasteiger partial charge < -0.3 is 4.43 Å². The van der Waals surface area contributed by atoms with Crippen LogP contribution in [0, 0.1) is 6.92 Å². The van der Waals surface area contributed by atoms with Crippen molar-refractivity contribution in [3.63, 3.8) is 0 Å². The lowest BCUT2D eigenvalue weighted by atomic mass is 10.2. The third kappa shape index (κ3) is 5.19. The zero-order valence-corrected chi connectivity index (χ0v) is 16.5. The van der Waals surface area contributed by atoms with Gasteiger partial charge in [-0.25, -0.2) is 0 Å². The predicted molar refractivity (Wildman–Crippen MR) is 92.1 cm³/mol. The zero-order valence-electron chi connectivity index (χ0n) is 14.6. The van der Waals surface area contributed by atoms with Crippen LogP contribution in [0.3, 0.4) is 0 Å². The maximum atomic E-state index is 12.1. The van der Waals surface area contributed by atoms with Gasteiger partial charge in [0.1, 0.15) is 0 Å². The number of aryl methyl sites for hydroxylation is 1. The Kier molecular flexibility index (Phi) is 6.00. The molecule has 0 amide bonds. The van der Waals surface area contributed by atoms with Crippen LogP contribution in [0.4, 0.5) is 0 Å². The van der Waals surface area contributed by atoms with Gasteiger partial charge in [-0.2, -0.15) is 8.42 Å². The van der Waals surface area contributed by atoms with E-state index < -0.39 is 18.4 Å². The van der Waals surface area contributed by atoms with Crippen molar-refractivity contribution in [3.8, 4) is 0 Å². The molecule has 1 atom stereocenters. The smallest absolute Gasteiger partial charge is 0.297 e. The van der Waals surface area contributed by atoms with Crippen LogP contribution in [0.15, 0.2) is 29.2 Å². The molecule has 0 saturated carbocycles. The van der Waals surface area contributed by atoms with E-state index in [0.717, 1.165) is 5.56 Å². The Morgan fingerprint density at radius 2 is 1.64 bits per heavy atom. The molecule has 126 valence electrons. The summed E-state index contributed by atoms with van der Waals surface area (Å²) < 4.78 is 35.5. The van der Waals surface area contributed by atoms with Crippen molar-refractivity contribution in [2.45, 2.75) is 63.8 Å². The number of rotatable bonds is 6. The molecule has 0 aliphatic rings. The molecule has 1 aromatic carbocycles. The van der Waals surface area contributed by atoms with Gasteiger partial charge in [-0.1, -0.05) is 38.5 Å². The van der Waals surface area contributed by atoms with E-state index in [4.69, 9.17) is 8.61 Å². The van der Waals surface area contributed by atoms with Crippen LogP contribution >= 0.6 is 0 Å². The van der Waals surface area contributed by atoms with Crippen molar-refractivity contribution < 1.29 is 17.0 Å². The van der Waals surface area contributed by atoms with Crippen molar-refractivity contribution in [1.82, 2.24) is 0 Å². The average Bonchev–Trinajstić information content (AvgIpc) is 2.35. The minimum absolute atomic E-state index is 0.0305. The van der Waals surface area contributed by atoms with Crippen molar-refractivity contribution in [3.05, 3.63) is 29.8 Å². The van der Waals surface area contributed by atoms with E-state index in [1.54, 1.807) is 24.3 Å². The van der Waals surface area contributed by atoms with Gasteiger partial charge in [0.15, 0.2) is 8.32 Å². The fraction of sp³-hybridized carbons (Fsp3) is 0.625. The van der Waals surface area contributed by atoms with Crippen LogP contribution in [-0.4, -0.2) is 29.4 Å². The van der Waals surface area contributed by atoms with E-state index >= 15 is 0 Å². The quantitative estimate of drug-likeness (QED) is 0.575. The van der Waals surface area contributed by atoms with Crippen LogP contribution in [0.5, 0.6) is 0 Å².